The number of benzene rings is 2. The molecule has 0 radical (unpaired) electrons. The number of fused-ring (bicyclic) bond motifs is 1. The van der Waals surface area contributed by atoms with Crippen molar-refractivity contribution < 1.29 is 14.3 Å². The van der Waals surface area contributed by atoms with Crippen LogP contribution in [0.3, 0.4) is 0 Å². The topological polar surface area (TPSA) is 113 Å². The maximum Gasteiger partial charge on any atom is 0.410 e. The lowest BCUT2D eigenvalue weighted by molar-refractivity contribution is -0.120. The van der Waals surface area contributed by atoms with E-state index in [1.807, 2.05) is 54.0 Å². The average molecular weight is 490 g/mol. The van der Waals surface area contributed by atoms with E-state index in [9.17, 15) is 9.59 Å². The first kappa shape index (κ1) is 23.1. The average Bonchev–Trinajstić information content (AvgIpc) is 3.63. The zero-order valence-electron chi connectivity index (χ0n) is 19.2. The van der Waals surface area contributed by atoms with E-state index >= 15 is 0 Å². The van der Waals surface area contributed by atoms with Crippen molar-refractivity contribution in [2.24, 2.45) is 5.73 Å². The summed E-state index contributed by atoms with van der Waals surface area (Å²) < 4.78 is 5.44. The van der Waals surface area contributed by atoms with Crippen molar-refractivity contribution in [1.82, 2.24) is 14.9 Å². The molecule has 0 saturated carbocycles. The Morgan fingerprint density at radius 1 is 1.23 bits per heavy atom. The lowest BCUT2D eigenvalue weighted by atomic mass is 10.1. The molecule has 1 aliphatic rings. The van der Waals surface area contributed by atoms with E-state index in [1.165, 1.54) is 21.8 Å². The van der Waals surface area contributed by atoms with Crippen LogP contribution in [0.5, 0.6) is 0 Å². The molecule has 0 aliphatic carbocycles. The molecule has 2 amide bonds. The number of anilines is 1. The Balaban J connectivity index is 1.24. The molecule has 9 heteroatoms. The molecule has 0 spiro atoms. The molecule has 1 unspecified atom stereocenters. The van der Waals surface area contributed by atoms with Crippen LogP contribution in [0, 0.1) is 0 Å². The second-order valence-electron chi connectivity index (χ2n) is 8.53. The van der Waals surface area contributed by atoms with Gasteiger partial charge < -0.3 is 20.8 Å². The summed E-state index contributed by atoms with van der Waals surface area (Å²) >= 11 is 1.37. The van der Waals surface area contributed by atoms with E-state index in [-0.39, 0.29) is 12.5 Å². The molecule has 1 atom stereocenters. The highest BCUT2D eigenvalue weighted by atomic mass is 32.1. The van der Waals surface area contributed by atoms with Gasteiger partial charge in [0.05, 0.1) is 5.69 Å². The molecule has 1 saturated heterocycles. The maximum atomic E-state index is 13.0. The molecule has 1 fully saturated rings. The lowest BCUT2D eigenvalue weighted by Crippen LogP contribution is -2.43. The number of thiazole rings is 1. The number of carbonyl (C=O) groups is 2. The standard InChI is InChI=1S/C26H27N5O3S/c27-11-10-19-14-28-21-9-8-18(13-20(19)21)22-16-35-25(29-22)30-24(32)23-7-4-12-31(23)26(33)34-15-17-5-2-1-3-6-17/h1-3,5-6,8-9,13-14,16,23,28H,4,7,10-12,15,27H2,(H,29,30,32). The van der Waals surface area contributed by atoms with Crippen LogP contribution in [0.15, 0.2) is 60.1 Å². The molecule has 180 valence electrons. The van der Waals surface area contributed by atoms with Gasteiger partial charge in [-0.3, -0.25) is 9.69 Å². The van der Waals surface area contributed by atoms with E-state index in [4.69, 9.17) is 10.5 Å². The number of nitrogens with zero attached hydrogens (tertiary/aromatic N) is 2. The number of amides is 2. The Bertz CT molecular complexity index is 1330. The summed E-state index contributed by atoms with van der Waals surface area (Å²) in [7, 11) is 0. The van der Waals surface area contributed by atoms with E-state index in [1.54, 1.807) is 0 Å². The van der Waals surface area contributed by atoms with Gasteiger partial charge in [0.2, 0.25) is 5.91 Å². The molecular weight excluding hydrogens is 462 g/mol. The molecule has 8 nitrogen and oxygen atoms in total. The van der Waals surface area contributed by atoms with Gasteiger partial charge in [0.15, 0.2) is 5.13 Å². The van der Waals surface area contributed by atoms with Gasteiger partial charge in [0.25, 0.3) is 0 Å². The van der Waals surface area contributed by atoms with Gasteiger partial charge in [-0.25, -0.2) is 9.78 Å². The van der Waals surface area contributed by atoms with E-state index in [2.05, 4.69) is 21.4 Å². The summed E-state index contributed by atoms with van der Waals surface area (Å²) in [6, 6.07) is 15.1. The number of nitrogens with one attached hydrogen (secondary N) is 2. The van der Waals surface area contributed by atoms with Gasteiger partial charge >= 0.3 is 6.09 Å². The third kappa shape index (κ3) is 5.06. The smallest absolute Gasteiger partial charge is 0.410 e. The van der Waals surface area contributed by atoms with Gasteiger partial charge in [0, 0.05) is 34.6 Å². The highest BCUT2D eigenvalue weighted by Crippen LogP contribution is 2.30. The molecule has 2 aromatic carbocycles. The number of hydrogen-bond donors (Lipinski definition) is 3. The van der Waals surface area contributed by atoms with Crippen molar-refractivity contribution in [3.63, 3.8) is 0 Å². The Morgan fingerprint density at radius 2 is 2.09 bits per heavy atom. The Labute approximate surface area is 207 Å². The number of aromatic nitrogens is 2. The fourth-order valence-corrected chi connectivity index (χ4v) is 5.14. The maximum absolute atomic E-state index is 13.0. The number of H-pyrrole nitrogens is 1. The second kappa shape index (κ2) is 10.3. The minimum Gasteiger partial charge on any atom is -0.445 e. The Morgan fingerprint density at radius 3 is 2.91 bits per heavy atom. The number of aromatic amines is 1. The molecule has 2 aromatic heterocycles. The van der Waals surface area contributed by atoms with Crippen molar-refractivity contribution in [2.45, 2.75) is 31.9 Å². The number of hydrogen-bond acceptors (Lipinski definition) is 6. The highest BCUT2D eigenvalue weighted by Gasteiger charge is 2.35. The van der Waals surface area contributed by atoms with Crippen molar-refractivity contribution in [1.29, 1.82) is 0 Å². The molecule has 3 heterocycles. The van der Waals surface area contributed by atoms with Crippen LogP contribution in [-0.2, 0) is 22.6 Å². The Hall–Kier alpha value is -3.69. The van der Waals surface area contributed by atoms with Crippen molar-refractivity contribution in [3.05, 3.63) is 71.2 Å². The normalized spacial score (nSPS) is 15.5. The molecule has 4 N–H and O–H groups in total. The first-order valence-electron chi connectivity index (χ1n) is 11.7. The molecule has 1 aliphatic heterocycles. The minimum atomic E-state index is -0.569. The molecule has 35 heavy (non-hydrogen) atoms. The van der Waals surface area contributed by atoms with Crippen LogP contribution < -0.4 is 11.1 Å². The van der Waals surface area contributed by atoms with E-state index in [0.717, 1.165) is 40.6 Å². The molecular formula is C26H27N5O3S. The van der Waals surface area contributed by atoms with Gasteiger partial charge in [-0.05, 0) is 49.1 Å². The minimum absolute atomic E-state index is 0.179. The van der Waals surface area contributed by atoms with Crippen LogP contribution in [0.25, 0.3) is 22.2 Å². The fourth-order valence-electron chi connectivity index (χ4n) is 4.41. The van der Waals surface area contributed by atoms with Gasteiger partial charge in [0.1, 0.15) is 12.6 Å². The van der Waals surface area contributed by atoms with Gasteiger partial charge in [-0.1, -0.05) is 36.4 Å². The highest BCUT2D eigenvalue weighted by molar-refractivity contribution is 7.14. The van der Waals surface area contributed by atoms with Crippen LogP contribution >= 0.6 is 11.3 Å². The summed E-state index contributed by atoms with van der Waals surface area (Å²) in [4.78, 5) is 35.0. The van der Waals surface area contributed by atoms with Crippen molar-refractivity contribution >= 4 is 39.4 Å². The van der Waals surface area contributed by atoms with E-state index in [0.29, 0.717) is 24.6 Å². The summed E-state index contributed by atoms with van der Waals surface area (Å²) in [6.45, 7) is 1.26. The number of nitrogens with two attached hydrogens (primary N) is 1. The van der Waals surface area contributed by atoms with E-state index < -0.39 is 12.1 Å². The van der Waals surface area contributed by atoms with Gasteiger partial charge in [-0.2, -0.15) is 0 Å². The molecule has 5 rings (SSSR count). The number of rotatable bonds is 7. The lowest BCUT2D eigenvalue weighted by Gasteiger charge is -2.22. The third-order valence-electron chi connectivity index (χ3n) is 6.21. The third-order valence-corrected chi connectivity index (χ3v) is 6.96. The Kier molecular flexibility index (Phi) is 6.78. The van der Waals surface area contributed by atoms with Crippen LogP contribution in [-0.4, -0.2) is 46.0 Å². The van der Waals surface area contributed by atoms with Crippen LogP contribution in [0.1, 0.15) is 24.0 Å². The van der Waals surface area contributed by atoms with Crippen molar-refractivity contribution in [3.8, 4) is 11.3 Å². The zero-order chi connectivity index (χ0) is 24.2. The van der Waals surface area contributed by atoms with Gasteiger partial charge in [-0.15, -0.1) is 11.3 Å². The monoisotopic (exact) mass is 489 g/mol. The summed E-state index contributed by atoms with van der Waals surface area (Å²) in [5.74, 6) is -0.244. The van der Waals surface area contributed by atoms with Crippen molar-refractivity contribution in [2.75, 3.05) is 18.4 Å². The summed E-state index contributed by atoms with van der Waals surface area (Å²) in [5, 5.41) is 6.45. The largest absolute Gasteiger partial charge is 0.445 e. The predicted octanol–water partition coefficient (Wildman–Crippen LogP) is 4.53. The SMILES string of the molecule is NCCc1c[nH]c2ccc(-c3csc(NC(=O)C4CCCN4C(=O)OCc4ccccc4)n3)cc12. The quantitative estimate of drug-likeness (QED) is 0.353. The second-order valence-corrected chi connectivity index (χ2v) is 9.39. The first-order valence-corrected chi connectivity index (χ1v) is 12.5. The molecule has 0 bridgehead atoms. The zero-order valence-corrected chi connectivity index (χ0v) is 20.0. The first-order chi connectivity index (χ1) is 17.1. The van der Waals surface area contributed by atoms with Crippen LogP contribution in [0.2, 0.25) is 0 Å². The molecule has 4 aromatic rings. The number of likely N-dealkylation sites (tertiary alicyclic amines) is 1. The fraction of sp³-hybridized carbons (Fsp3) is 0.269. The number of carbonyl (C=O) groups excluding carboxylic acids is 2. The summed E-state index contributed by atoms with van der Waals surface area (Å²) in [5.41, 5.74) is 10.6. The number of ether oxygens (including phenoxy) is 1. The van der Waals surface area contributed by atoms with Crippen LogP contribution in [0.4, 0.5) is 9.93 Å². The predicted molar refractivity (Wildman–Crippen MR) is 137 cm³/mol. The summed E-state index contributed by atoms with van der Waals surface area (Å²) in [6.07, 6.45) is 3.67.